The van der Waals surface area contributed by atoms with Crippen LogP contribution in [0.25, 0.3) is 0 Å². The Hall–Kier alpha value is -0.400. The quantitative estimate of drug-likeness (QED) is 0.491. The van der Waals surface area contributed by atoms with E-state index in [1.165, 1.54) is 0 Å². The Balaban J connectivity index is 3.25. The number of carbonyl (C=O) groups is 1. The molecule has 2 nitrogen and oxygen atoms in total. The van der Waals surface area contributed by atoms with Gasteiger partial charge in [-0.3, -0.25) is 4.79 Å². The van der Waals surface area contributed by atoms with Crippen LogP contribution < -0.4 is 5.32 Å². The normalized spacial score (nSPS) is 8.88. The van der Waals surface area contributed by atoms with Crippen molar-refractivity contribution in [1.29, 1.82) is 0 Å². The molecule has 0 bridgehead atoms. The van der Waals surface area contributed by atoms with Crippen molar-refractivity contribution in [3.8, 4) is 0 Å². The topological polar surface area (TPSA) is 29.1 Å². The zero-order valence-corrected chi connectivity index (χ0v) is 5.14. The van der Waals surface area contributed by atoms with E-state index in [0.29, 0.717) is 0 Å². The molecule has 0 spiro atoms. The number of carbonyl (C=O) groups excluding carboxylic acids is 1. The van der Waals surface area contributed by atoms with Gasteiger partial charge in [-0.2, -0.15) is 0 Å². The van der Waals surface area contributed by atoms with E-state index < -0.39 is 0 Å². The van der Waals surface area contributed by atoms with E-state index in [-0.39, 0.29) is 11.8 Å². The van der Waals surface area contributed by atoms with E-state index in [0.717, 1.165) is 7.17 Å². The van der Waals surface area contributed by atoms with Gasteiger partial charge in [-0.15, -0.1) is 0 Å². The number of hydrogen-bond acceptors (Lipinski definition) is 1. The van der Waals surface area contributed by atoms with Gasteiger partial charge in [-0.25, -0.2) is 0 Å². The van der Waals surface area contributed by atoms with E-state index in [9.17, 15) is 4.79 Å². The van der Waals surface area contributed by atoms with Gasteiger partial charge in [0.2, 0.25) is 0 Å². The van der Waals surface area contributed by atoms with Gasteiger partial charge in [0.1, 0.15) is 0 Å². The highest BCUT2D eigenvalue weighted by atomic mass is 16.1. The van der Waals surface area contributed by atoms with Gasteiger partial charge in [0.25, 0.3) is 0 Å². The average molecular weight is 108 g/mol. The van der Waals surface area contributed by atoms with E-state index in [1.807, 2.05) is 13.8 Å². The predicted molar refractivity (Wildman–Crippen MR) is 35.2 cm³/mol. The Morgan fingerprint density at radius 3 is 2.38 bits per heavy atom. The molecule has 0 aromatic heterocycles. The monoisotopic (exact) mass is 108 g/mol. The second-order valence-corrected chi connectivity index (χ2v) is 1.83. The third-order valence-corrected chi connectivity index (χ3v) is 0.582. The highest BCUT2D eigenvalue weighted by Crippen LogP contribution is 1.74. The molecule has 0 saturated heterocycles. The Morgan fingerprint density at radius 2 is 2.25 bits per heavy atom. The lowest BCUT2D eigenvalue weighted by atomic mass is 9.55. The molecule has 0 saturated carbocycles. The molecule has 0 fully saturated rings. The maximum Gasteiger partial charge on any atom is 0.175 e. The molecule has 0 heterocycles. The number of hydrogen-bond donors (Lipinski definition) is 1. The first-order chi connectivity index (χ1) is 3.66. The SMILES string of the molecule is [B][B]C(=O)NC(C)C. The van der Waals surface area contributed by atoms with Gasteiger partial charge < -0.3 is 5.32 Å². The number of amides is 1. The maximum absolute atomic E-state index is 10.3. The summed E-state index contributed by atoms with van der Waals surface area (Å²) in [5, 5.41) is 2.57. The van der Waals surface area contributed by atoms with Crippen LogP contribution in [0, 0.1) is 0 Å². The second-order valence-electron chi connectivity index (χ2n) is 1.83. The molecule has 41 valence electrons. The zero-order chi connectivity index (χ0) is 6.57. The first-order valence-corrected chi connectivity index (χ1v) is 2.52. The molecule has 0 aliphatic heterocycles. The van der Waals surface area contributed by atoms with Gasteiger partial charge in [0, 0.05) is 13.8 Å². The van der Waals surface area contributed by atoms with Gasteiger partial charge >= 0.3 is 0 Å². The van der Waals surface area contributed by atoms with Crippen LogP contribution in [0.5, 0.6) is 0 Å². The Kier molecular flexibility index (Phi) is 3.40. The van der Waals surface area contributed by atoms with Crippen LogP contribution in [0.4, 0.5) is 4.79 Å². The third kappa shape index (κ3) is 3.78. The maximum atomic E-state index is 10.3. The molecule has 0 aromatic rings. The summed E-state index contributed by atoms with van der Waals surface area (Å²) in [5.41, 5.74) is 0. The summed E-state index contributed by atoms with van der Waals surface area (Å²) in [7, 11) is 5.90. The Morgan fingerprint density at radius 1 is 1.75 bits per heavy atom. The lowest BCUT2D eigenvalue weighted by molar-refractivity contribution is 0.257. The van der Waals surface area contributed by atoms with Gasteiger partial charge in [0.05, 0.1) is 0 Å². The molecular weight excluding hydrogens is 99.7 g/mol. The molecule has 4 heteroatoms. The molecule has 3 radical (unpaired) electrons. The second kappa shape index (κ2) is 3.58. The summed E-state index contributed by atoms with van der Waals surface area (Å²) >= 11 is 0. The molecule has 0 aliphatic rings. The van der Waals surface area contributed by atoms with Gasteiger partial charge in [-0.05, 0) is 13.8 Å². The predicted octanol–water partition coefficient (Wildman–Crippen LogP) is -0.108. The Bertz CT molecular complexity index is 84.1. The minimum atomic E-state index is -0.222. The van der Waals surface area contributed by atoms with Gasteiger partial charge in [-0.1, -0.05) is 0 Å². The molecule has 8 heavy (non-hydrogen) atoms. The third-order valence-electron chi connectivity index (χ3n) is 0.582. The lowest BCUT2D eigenvalue weighted by Gasteiger charge is -2.04. The molecule has 1 N–H and O–H groups in total. The summed E-state index contributed by atoms with van der Waals surface area (Å²) < 4.78 is 0. The molecule has 0 unspecified atom stereocenters. The smallest absolute Gasteiger partial charge is 0.175 e. The van der Waals surface area contributed by atoms with Crippen LogP contribution in [0.3, 0.4) is 0 Å². The van der Waals surface area contributed by atoms with Crippen molar-refractivity contribution in [2.75, 3.05) is 0 Å². The average Bonchev–Trinajstić information content (AvgIpc) is 1.65. The van der Waals surface area contributed by atoms with Crippen molar-refractivity contribution in [2.45, 2.75) is 19.9 Å². The first-order valence-electron chi connectivity index (χ1n) is 2.52. The molecule has 1 amide bonds. The van der Waals surface area contributed by atoms with Gasteiger partial charge in [0.15, 0.2) is 13.0 Å². The molecule has 0 atom stereocenters. The Labute approximate surface area is 51.7 Å². The highest BCUT2D eigenvalue weighted by molar-refractivity contribution is 7.08. The highest BCUT2D eigenvalue weighted by Gasteiger charge is 1.96. The summed E-state index contributed by atoms with van der Waals surface area (Å²) in [6.07, 6.45) is 0. The fourth-order valence-corrected chi connectivity index (χ4v) is 0.333. The van der Waals surface area contributed by atoms with E-state index in [4.69, 9.17) is 7.74 Å². The summed E-state index contributed by atoms with van der Waals surface area (Å²) in [4.78, 5) is 10.3. The fourth-order valence-electron chi connectivity index (χ4n) is 0.333. The van der Waals surface area contributed by atoms with Crippen molar-refractivity contribution in [3.63, 3.8) is 0 Å². The van der Waals surface area contributed by atoms with Crippen LogP contribution in [0.2, 0.25) is 0 Å². The fraction of sp³-hybridized carbons (Fsp3) is 0.750. The standard InChI is InChI=1S/C4H8B2NO/c1-3(2)7-4(8)6-5/h3H,1-2H3,(H,7,8). The van der Waals surface area contributed by atoms with Crippen molar-refractivity contribution in [2.24, 2.45) is 0 Å². The summed E-state index contributed by atoms with van der Waals surface area (Å²) in [6, 6.07) is 0.169. The van der Waals surface area contributed by atoms with Crippen LogP contribution in [0.15, 0.2) is 0 Å². The van der Waals surface area contributed by atoms with Crippen molar-refractivity contribution >= 4 is 20.7 Å². The summed E-state index contributed by atoms with van der Waals surface area (Å²) in [6.45, 7) is 3.75. The van der Waals surface area contributed by atoms with Crippen molar-refractivity contribution in [3.05, 3.63) is 0 Å². The largest absolute Gasteiger partial charge is 0.364 e. The first kappa shape index (κ1) is 7.60. The number of rotatable bonds is 2. The van der Waals surface area contributed by atoms with Crippen LogP contribution >= 0.6 is 0 Å². The minimum absolute atomic E-state index is 0.169. The molecule has 0 rings (SSSR count). The zero-order valence-electron chi connectivity index (χ0n) is 5.14. The van der Waals surface area contributed by atoms with Crippen molar-refractivity contribution < 1.29 is 4.79 Å². The molecular formula is C4H8B2NO. The van der Waals surface area contributed by atoms with Crippen LogP contribution in [0.1, 0.15) is 13.8 Å². The minimum Gasteiger partial charge on any atom is -0.364 e. The molecule has 0 aliphatic carbocycles. The van der Waals surface area contributed by atoms with Crippen LogP contribution in [-0.2, 0) is 0 Å². The van der Waals surface area contributed by atoms with Crippen molar-refractivity contribution in [1.82, 2.24) is 5.32 Å². The van der Waals surface area contributed by atoms with E-state index in [1.54, 1.807) is 0 Å². The lowest BCUT2D eigenvalue weighted by Crippen LogP contribution is -2.33. The van der Waals surface area contributed by atoms with E-state index in [2.05, 4.69) is 5.32 Å². The van der Waals surface area contributed by atoms with Crippen LogP contribution in [-0.4, -0.2) is 26.8 Å². The van der Waals surface area contributed by atoms with E-state index >= 15 is 0 Å². The summed E-state index contributed by atoms with van der Waals surface area (Å²) in [5.74, 6) is -0.222. The number of nitrogens with one attached hydrogen (secondary N) is 1. The molecule has 0 aromatic carbocycles.